The first-order valence-electron chi connectivity index (χ1n) is 10.7. The molecule has 1 atom stereocenters. The fraction of sp³-hybridized carbons (Fsp3) is 0.120. The van der Waals surface area contributed by atoms with Crippen molar-refractivity contribution in [1.82, 2.24) is 24.5 Å². The average Bonchev–Trinajstić information content (AvgIpc) is 3.50. The van der Waals surface area contributed by atoms with Gasteiger partial charge in [-0.15, -0.1) is 0 Å². The zero-order valence-corrected chi connectivity index (χ0v) is 18.3. The van der Waals surface area contributed by atoms with Crippen LogP contribution in [0.5, 0.6) is 0 Å². The van der Waals surface area contributed by atoms with Crippen LogP contribution in [0.2, 0.25) is 0 Å². The molecule has 0 unspecified atom stereocenters. The van der Waals surface area contributed by atoms with Crippen LogP contribution in [0.1, 0.15) is 11.1 Å². The molecule has 0 radical (unpaired) electrons. The van der Waals surface area contributed by atoms with E-state index in [1.165, 1.54) is 6.20 Å². The smallest absolute Gasteiger partial charge is 0.326 e. The third-order valence-electron chi connectivity index (χ3n) is 5.67. The molecule has 3 aromatic heterocycles. The van der Waals surface area contributed by atoms with E-state index in [-0.39, 0.29) is 17.5 Å². The largest absolute Gasteiger partial charge is 0.480 e. The van der Waals surface area contributed by atoms with Crippen LogP contribution >= 0.6 is 0 Å². The van der Waals surface area contributed by atoms with E-state index in [2.05, 4.69) is 25.3 Å². The lowest BCUT2D eigenvalue weighted by Crippen LogP contribution is -2.32. The molecule has 170 valence electrons. The number of rotatable bonds is 7. The Labute approximate surface area is 194 Å². The Bertz CT molecular complexity index is 1520. The van der Waals surface area contributed by atoms with Gasteiger partial charge in [0.2, 0.25) is 0 Å². The second kappa shape index (κ2) is 8.70. The number of anilines is 1. The lowest BCUT2D eigenvalue weighted by molar-refractivity contribution is -0.137. The molecule has 2 aromatic carbocycles. The lowest BCUT2D eigenvalue weighted by atomic mass is 10.1. The van der Waals surface area contributed by atoms with Gasteiger partial charge in [0.15, 0.2) is 0 Å². The molecule has 3 heterocycles. The van der Waals surface area contributed by atoms with Crippen molar-refractivity contribution in [3.05, 3.63) is 94.9 Å². The number of aromatic amines is 2. The molecule has 0 spiro atoms. The first-order valence-corrected chi connectivity index (χ1v) is 10.7. The molecule has 0 bridgehead atoms. The summed E-state index contributed by atoms with van der Waals surface area (Å²) in [6.45, 7) is 1.95. The minimum absolute atomic E-state index is 0.251. The van der Waals surface area contributed by atoms with E-state index in [0.29, 0.717) is 11.5 Å². The van der Waals surface area contributed by atoms with E-state index in [1.54, 1.807) is 18.6 Å². The van der Waals surface area contributed by atoms with Crippen LogP contribution < -0.4 is 10.9 Å². The molecule has 0 saturated carbocycles. The summed E-state index contributed by atoms with van der Waals surface area (Å²) < 4.78 is 1.89. The first kappa shape index (κ1) is 21.2. The van der Waals surface area contributed by atoms with Crippen molar-refractivity contribution in [1.29, 1.82) is 0 Å². The number of fused-ring (bicyclic) bond motifs is 1. The Morgan fingerprint density at radius 2 is 2.03 bits per heavy atom. The molecule has 0 aliphatic carbocycles. The second-order valence-electron chi connectivity index (χ2n) is 8.03. The first-order chi connectivity index (χ1) is 16.5. The van der Waals surface area contributed by atoms with Crippen LogP contribution in [0.4, 0.5) is 5.69 Å². The molecule has 4 N–H and O–H groups in total. The average molecular weight is 454 g/mol. The van der Waals surface area contributed by atoms with Crippen LogP contribution in [-0.4, -0.2) is 41.6 Å². The van der Waals surface area contributed by atoms with Crippen molar-refractivity contribution in [3.63, 3.8) is 0 Å². The highest BCUT2D eigenvalue weighted by atomic mass is 16.4. The van der Waals surface area contributed by atoms with Crippen LogP contribution in [-0.2, 0) is 11.2 Å². The summed E-state index contributed by atoms with van der Waals surface area (Å²) in [4.78, 5) is 39.5. The molecule has 9 heteroatoms. The predicted molar refractivity (Wildman–Crippen MR) is 129 cm³/mol. The van der Waals surface area contributed by atoms with E-state index in [0.717, 1.165) is 27.8 Å². The molecule has 34 heavy (non-hydrogen) atoms. The Balaban J connectivity index is 1.55. The number of aromatic nitrogens is 5. The van der Waals surface area contributed by atoms with Gasteiger partial charge in [-0.2, -0.15) is 0 Å². The molecule has 9 nitrogen and oxygen atoms in total. The van der Waals surface area contributed by atoms with Gasteiger partial charge in [0.25, 0.3) is 5.56 Å². The van der Waals surface area contributed by atoms with Gasteiger partial charge in [-0.05, 0) is 36.2 Å². The fourth-order valence-corrected chi connectivity index (χ4v) is 4.02. The summed E-state index contributed by atoms with van der Waals surface area (Å²) in [6.07, 6.45) is 7.01. The maximum atomic E-state index is 12.9. The highest BCUT2D eigenvalue weighted by molar-refractivity contribution is 5.87. The number of imidazole rings is 2. The summed E-state index contributed by atoms with van der Waals surface area (Å²) >= 11 is 0. The van der Waals surface area contributed by atoms with Crippen LogP contribution in [0.25, 0.3) is 28.1 Å². The van der Waals surface area contributed by atoms with E-state index < -0.39 is 12.0 Å². The minimum atomic E-state index is -1.01. The summed E-state index contributed by atoms with van der Waals surface area (Å²) in [6, 6.07) is 14.0. The van der Waals surface area contributed by atoms with Gasteiger partial charge >= 0.3 is 5.97 Å². The number of carbonyl (C=O) groups is 1. The minimum Gasteiger partial charge on any atom is -0.480 e. The SMILES string of the molecule is Cc1cc(-n2ccnc2)cc2[nH]c(-c3c(N[C@@H](Cc4ccccc4)C(=O)O)cc[nH]c3=O)nc12. The molecule has 0 aliphatic rings. The van der Waals surface area contributed by atoms with E-state index in [1.807, 2.05) is 60.2 Å². The number of benzene rings is 2. The zero-order valence-electron chi connectivity index (χ0n) is 18.3. The van der Waals surface area contributed by atoms with E-state index in [4.69, 9.17) is 0 Å². The number of hydrogen-bond donors (Lipinski definition) is 4. The van der Waals surface area contributed by atoms with Gasteiger partial charge in [-0.1, -0.05) is 30.3 Å². The number of aliphatic carboxylic acids is 1. The number of H-pyrrole nitrogens is 2. The number of carboxylic acids is 1. The van der Waals surface area contributed by atoms with Gasteiger partial charge in [-0.3, -0.25) is 4.79 Å². The number of carboxylic acid groups (broad SMARTS) is 1. The number of hydrogen-bond acceptors (Lipinski definition) is 5. The Morgan fingerprint density at radius 3 is 2.76 bits per heavy atom. The van der Waals surface area contributed by atoms with Crippen molar-refractivity contribution in [2.45, 2.75) is 19.4 Å². The monoisotopic (exact) mass is 454 g/mol. The Morgan fingerprint density at radius 1 is 1.21 bits per heavy atom. The van der Waals surface area contributed by atoms with Crippen molar-refractivity contribution in [3.8, 4) is 17.1 Å². The van der Waals surface area contributed by atoms with Gasteiger partial charge in [0.05, 0.1) is 23.0 Å². The van der Waals surface area contributed by atoms with Gasteiger partial charge in [0.1, 0.15) is 17.4 Å². The summed E-state index contributed by atoms with van der Waals surface area (Å²) in [5, 5.41) is 12.9. The third kappa shape index (κ3) is 4.06. The Hall–Kier alpha value is -4.66. The molecule has 0 fully saturated rings. The standard InChI is InChI=1S/C25H22N6O3/c1-15-11-17(31-10-9-26-14-31)13-19-22(15)30-23(29-19)21-18(7-8-27-24(21)32)28-20(25(33)34)12-16-5-3-2-4-6-16/h2-11,13-14,20H,12H2,1H3,(H,29,30)(H,33,34)(H2,27,28,32)/t20-/m0/s1. The lowest BCUT2D eigenvalue weighted by Gasteiger charge is -2.17. The van der Waals surface area contributed by atoms with Crippen molar-refractivity contribution < 1.29 is 9.90 Å². The number of pyridine rings is 1. The third-order valence-corrected chi connectivity index (χ3v) is 5.67. The molecule has 0 aliphatic heterocycles. The normalized spacial score (nSPS) is 12.0. The van der Waals surface area contributed by atoms with E-state index >= 15 is 0 Å². The van der Waals surface area contributed by atoms with Crippen molar-refractivity contribution in [2.24, 2.45) is 0 Å². The number of nitrogens with one attached hydrogen (secondary N) is 3. The summed E-state index contributed by atoms with van der Waals surface area (Å²) in [7, 11) is 0. The van der Waals surface area contributed by atoms with E-state index in [9.17, 15) is 14.7 Å². The highest BCUT2D eigenvalue weighted by Gasteiger charge is 2.22. The van der Waals surface area contributed by atoms with Gasteiger partial charge < -0.3 is 25.0 Å². The zero-order chi connectivity index (χ0) is 23.7. The van der Waals surface area contributed by atoms with Crippen LogP contribution in [0, 0.1) is 6.92 Å². The van der Waals surface area contributed by atoms with Crippen LogP contribution in [0.15, 0.2) is 78.2 Å². The molecule has 5 aromatic rings. The van der Waals surface area contributed by atoms with Crippen molar-refractivity contribution in [2.75, 3.05) is 5.32 Å². The molecule has 5 rings (SSSR count). The predicted octanol–water partition coefficient (Wildman–Crippen LogP) is 3.52. The number of aryl methyl sites for hydroxylation is 1. The number of nitrogens with zero attached hydrogens (tertiary/aromatic N) is 3. The van der Waals surface area contributed by atoms with Gasteiger partial charge in [-0.25, -0.2) is 14.8 Å². The summed E-state index contributed by atoms with van der Waals surface area (Å²) in [5.74, 6) is -0.658. The van der Waals surface area contributed by atoms with Crippen molar-refractivity contribution >= 4 is 22.7 Å². The van der Waals surface area contributed by atoms with Gasteiger partial charge in [0, 0.05) is 30.7 Å². The molecule has 0 saturated heterocycles. The Kier molecular flexibility index (Phi) is 5.43. The highest BCUT2D eigenvalue weighted by Crippen LogP contribution is 2.28. The topological polar surface area (TPSA) is 129 Å². The summed E-state index contributed by atoms with van der Waals surface area (Å²) in [5.41, 5.74) is 4.46. The van der Waals surface area contributed by atoms with Crippen LogP contribution in [0.3, 0.4) is 0 Å². The maximum Gasteiger partial charge on any atom is 0.326 e. The molecule has 0 amide bonds. The second-order valence-corrected chi connectivity index (χ2v) is 8.03. The quantitative estimate of drug-likeness (QED) is 0.298. The molecular formula is C25H22N6O3. The fourth-order valence-electron chi connectivity index (χ4n) is 4.02. The molecular weight excluding hydrogens is 432 g/mol. The maximum absolute atomic E-state index is 12.9.